The molecule has 4 nitrogen and oxygen atoms in total. The quantitative estimate of drug-likeness (QED) is 0.769. The lowest BCUT2D eigenvalue weighted by molar-refractivity contribution is 0.288. The molecule has 19 heavy (non-hydrogen) atoms. The van der Waals surface area contributed by atoms with Gasteiger partial charge < -0.3 is 20.7 Å². The number of hydrogen-bond donors (Lipinski definition) is 3. The van der Waals surface area contributed by atoms with Crippen LogP contribution in [0, 0.1) is 0 Å². The van der Waals surface area contributed by atoms with E-state index in [2.05, 4.69) is 0 Å². The van der Waals surface area contributed by atoms with E-state index in [1.807, 2.05) is 6.07 Å². The molecule has 4 N–H and O–H groups in total. The zero-order valence-corrected chi connectivity index (χ0v) is 10.5. The maximum atomic E-state index is 9.46. The van der Waals surface area contributed by atoms with Crippen molar-refractivity contribution in [3.8, 4) is 17.2 Å². The molecule has 0 aliphatic carbocycles. The minimum Gasteiger partial charge on any atom is -0.508 e. The van der Waals surface area contributed by atoms with Gasteiger partial charge in [0.1, 0.15) is 17.2 Å². The van der Waals surface area contributed by atoms with Gasteiger partial charge in [-0.3, -0.25) is 0 Å². The van der Waals surface area contributed by atoms with Gasteiger partial charge >= 0.3 is 0 Å². The number of phenols is 2. The Hall–Kier alpha value is -2.20. The van der Waals surface area contributed by atoms with Gasteiger partial charge in [-0.15, -0.1) is 0 Å². The van der Waals surface area contributed by atoms with E-state index >= 15 is 0 Å². The maximum Gasteiger partial charge on any atom is 0.123 e. The van der Waals surface area contributed by atoms with Crippen molar-refractivity contribution in [1.29, 1.82) is 0 Å². The van der Waals surface area contributed by atoms with Crippen molar-refractivity contribution < 1.29 is 14.9 Å². The second-order valence-corrected chi connectivity index (χ2v) is 4.34. The van der Waals surface area contributed by atoms with E-state index < -0.39 is 0 Å². The minimum absolute atomic E-state index is 0.00514. The van der Waals surface area contributed by atoms with Crippen molar-refractivity contribution in [3.63, 3.8) is 0 Å². The van der Waals surface area contributed by atoms with Gasteiger partial charge in [-0.25, -0.2) is 0 Å². The number of aromatic hydroxyl groups is 2. The first-order chi connectivity index (χ1) is 9.19. The molecule has 0 spiro atoms. The Morgan fingerprint density at radius 3 is 2.32 bits per heavy atom. The molecule has 0 saturated carbocycles. The molecule has 100 valence electrons. The van der Waals surface area contributed by atoms with Crippen LogP contribution in [0.3, 0.4) is 0 Å². The molecule has 0 saturated heterocycles. The molecule has 1 unspecified atom stereocenters. The summed E-state index contributed by atoms with van der Waals surface area (Å²) in [5.41, 5.74) is 6.67. The molecular weight excluding hydrogens is 242 g/mol. The molecule has 0 heterocycles. The van der Waals surface area contributed by atoms with Crippen LogP contribution >= 0.6 is 0 Å². The maximum absolute atomic E-state index is 9.46. The summed E-state index contributed by atoms with van der Waals surface area (Å²) in [6.07, 6.45) is 0. The number of rotatable bonds is 5. The van der Waals surface area contributed by atoms with E-state index in [4.69, 9.17) is 10.5 Å². The molecule has 4 heteroatoms. The van der Waals surface area contributed by atoms with Crippen LogP contribution in [0.1, 0.15) is 11.5 Å². The summed E-state index contributed by atoms with van der Waals surface area (Å²) in [5.74, 6) is 0.973. The molecule has 1 atom stereocenters. The number of nitrogens with two attached hydrogens (primary N) is 1. The molecule has 2 rings (SSSR count). The fourth-order valence-corrected chi connectivity index (χ4v) is 1.85. The van der Waals surface area contributed by atoms with Crippen molar-refractivity contribution >= 4 is 0 Å². The van der Waals surface area contributed by atoms with Gasteiger partial charge in [0, 0.05) is 18.5 Å². The van der Waals surface area contributed by atoms with E-state index in [-0.39, 0.29) is 17.4 Å². The molecule has 2 aromatic rings. The van der Waals surface area contributed by atoms with Gasteiger partial charge in [0.25, 0.3) is 0 Å². The first-order valence-electron chi connectivity index (χ1n) is 6.10. The van der Waals surface area contributed by atoms with Crippen LogP contribution in [0.5, 0.6) is 17.2 Å². The van der Waals surface area contributed by atoms with Crippen LogP contribution in [0.2, 0.25) is 0 Å². The van der Waals surface area contributed by atoms with Crippen LogP contribution in [0.15, 0.2) is 48.5 Å². The Bertz CT molecular complexity index is 542. The molecule has 0 amide bonds. The van der Waals surface area contributed by atoms with Gasteiger partial charge in [0.2, 0.25) is 0 Å². The average molecular weight is 259 g/mol. The summed E-state index contributed by atoms with van der Waals surface area (Å²) in [5, 5.41) is 18.8. The van der Waals surface area contributed by atoms with Crippen molar-refractivity contribution in [1.82, 2.24) is 0 Å². The molecule has 0 bridgehead atoms. The molecular formula is C15H17NO3. The van der Waals surface area contributed by atoms with Crippen molar-refractivity contribution in [3.05, 3.63) is 54.1 Å². The molecule has 2 aromatic carbocycles. The normalized spacial score (nSPS) is 12.1. The molecule has 0 radical (unpaired) electrons. The summed E-state index contributed by atoms with van der Waals surface area (Å²) >= 11 is 0. The highest BCUT2D eigenvalue weighted by Crippen LogP contribution is 2.22. The fraction of sp³-hybridized carbons (Fsp3) is 0.200. The SMILES string of the molecule is NCC(COc1cccc(O)c1)c1cccc(O)c1. The smallest absolute Gasteiger partial charge is 0.123 e. The van der Waals surface area contributed by atoms with Gasteiger partial charge in [-0.2, -0.15) is 0 Å². The molecule has 0 fully saturated rings. The highest BCUT2D eigenvalue weighted by atomic mass is 16.5. The first kappa shape index (κ1) is 13.2. The van der Waals surface area contributed by atoms with E-state index in [9.17, 15) is 10.2 Å². The highest BCUT2D eigenvalue weighted by Gasteiger charge is 2.11. The topological polar surface area (TPSA) is 75.7 Å². The average Bonchev–Trinajstić information content (AvgIpc) is 2.40. The summed E-state index contributed by atoms with van der Waals surface area (Å²) in [4.78, 5) is 0. The van der Waals surface area contributed by atoms with Crippen molar-refractivity contribution in [2.45, 2.75) is 5.92 Å². The lowest BCUT2D eigenvalue weighted by Gasteiger charge is -2.16. The number of phenolic OH excluding ortho intramolecular Hbond substituents is 2. The van der Waals surface area contributed by atoms with E-state index in [1.165, 1.54) is 0 Å². The predicted octanol–water partition coefficient (Wildman–Crippen LogP) is 2.22. The highest BCUT2D eigenvalue weighted by molar-refractivity contribution is 5.33. The van der Waals surface area contributed by atoms with Crippen LogP contribution in [0.25, 0.3) is 0 Å². The second kappa shape index (κ2) is 6.11. The zero-order chi connectivity index (χ0) is 13.7. The summed E-state index contributed by atoms with van der Waals surface area (Å²) < 4.78 is 5.61. The van der Waals surface area contributed by atoms with E-state index in [0.29, 0.717) is 18.9 Å². The third kappa shape index (κ3) is 3.63. The Labute approximate surface area is 112 Å². The van der Waals surface area contributed by atoms with Crippen LogP contribution < -0.4 is 10.5 Å². The third-order valence-electron chi connectivity index (χ3n) is 2.89. The first-order valence-corrected chi connectivity index (χ1v) is 6.10. The third-order valence-corrected chi connectivity index (χ3v) is 2.89. The molecule has 0 aromatic heterocycles. The summed E-state index contributed by atoms with van der Waals surface area (Å²) in [6, 6.07) is 13.6. The lowest BCUT2D eigenvalue weighted by Crippen LogP contribution is -2.19. The molecule has 0 aliphatic heterocycles. The number of hydrogen-bond acceptors (Lipinski definition) is 4. The Morgan fingerprint density at radius 2 is 1.68 bits per heavy atom. The predicted molar refractivity (Wildman–Crippen MR) is 73.5 cm³/mol. The van der Waals surface area contributed by atoms with Crippen molar-refractivity contribution in [2.75, 3.05) is 13.2 Å². The Balaban J connectivity index is 2.04. The van der Waals surface area contributed by atoms with Gasteiger partial charge in [-0.1, -0.05) is 18.2 Å². The van der Waals surface area contributed by atoms with Crippen LogP contribution in [0.4, 0.5) is 0 Å². The van der Waals surface area contributed by atoms with E-state index in [0.717, 1.165) is 5.56 Å². The van der Waals surface area contributed by atoms with Crippen molar-refractivity contribution in [2.24, 2.45) is 5.73 Å². The summed E-state index contributed by atoms with van der Waals surface area (Å²) in [7, 11) is 0. The fourth-order valence-electron chi connectivity index (χ4n) is 1.85. The zero-order valence-electron chi connectivity index (χ0n) is 10.5. The lowest BCUT2D eigenvalue weighted by atomic mass is 10.00. The summed E-state index contributed by atoms with van der Waals surface area (Å²) in [6.45, 7) is 0.811. The second-order valence-electron chi connectivity index (χ2n) is 4.34. The van der Waals surface area contributed by atoms with E-state index in [1.54, 1.807) is 42.5 Å². The Morgan fingerprint density at radius 1 is 1.00 bits per heavy atom. The Kier molecular flexibility index (Phi) is 4.26. The number of ether oxygens (including phenoxy) is 1. The van der Waals surface area contributed by atoms with Crippen LogP contribution in [-0.4, -0.2) is 23.4 Å². The van der Waals surface area contributed by atoms with Gasteiger partial charge in [-0.05, 0) is 29.8 Å². The van der Waals surface area contributed by atoms with Gasteiger partial charge in [0.05, 0.1) is 6.61 Å². The molecule has 0 aliphatic rings. The minimum atomic E-state index is -0.00514. The number of benzene rings is 2. The van der Waals surface area contributed by atoms with Gasteiger partial charge in [0.15, 0.2) is 0 Å². The monoisotopic (exact) mass is 259 g/mol. The van der Waals surface area contributed by atoms with Crippen LogP contribution in [-0.2, 0) is 0 Å². The standard InChI is InChI=1S/C15H17NO3/c16-9-12(11-3-1-4-13(17)7-11)10-19-15-6-2-5-14(18)8-15/h1-8,12,17-18H,9-10,16H2. The largest absolute Gasteiger partial charge is 0.508 e.